The lowest BCUT2D eigenvalue weighted by Crippen LogP contribution is -2.32. The highest BCUT2D eigenvalue weighted by atomic mass is 32.2. The van der Waals surface area contributed by atoms with Crippen molar-refractivity contribution in [1.82, 2.24) is 9.97 Å². The minimum Gasteiger partial charge on any atom is -0.494 e. The summed E-state index contributed by atoms with van der Waals surface area (Å²) in [6.45, 7) is 5.63. The van der Waals surface area contributed by atoms with Crippen LogP contribution in [0.1, 0.15) is 28.0 Å². The van der Waals surface area contributed by atoms with Crippen LogP contribution in [-0.4, -0.2) is 36.0 Å². The number of benzene rings is 2. The van der Waals surface area contributed by atoms with Crippen LogP contribution in [0.2, 0.25) is 0 Å². The van der Waals surface area contributed by atoms with Gasteiger partial charge in [-0.05, 0) is 24.6 Å². The van der Waals surface area contributed by atoms with Gasteiger partial charge in [-0.15, -0.1) is 0 Å². The number of nitrogens with two attached hydrogens (primary N) is 1. The van der Waals surface area contributed by atoms with Crippen molar-refractivity contribution in [2.75, 3.05) is 11.5 Å². The lowest BCUT2D eigenvalue weighted by molar-refractivity contribution is 0.0387. The third-order valence-electron chi connectivity index (χ3n) is 5.25. The van der Waals surface area contributed by atoms with Crippen molar-refractivity contribution in [2.45, 2.75) is 30.8 Å². The highest BCUT2D eigenvalue weighted by molar-refractivity contribution is 7.91. The number of rotatable bonds is 7. The van der Waals surface area contributed by atoms with E-state index in [4.69, 9.17) is 10.5 Å². The Morgan fingerprint density at radius 1 is 1.16 bits per heavy atom. The second-order valence-electron chi connectivity index (χ2n) is 7.86. The van der Waals surface area contributed by atoms with E-state index in [0.717, 1.165) is 11.1 Å². The van der Waals surface area contributed by atoms with Crippen molar-refractivity contribution in [1.29, 1.82) is 0 Å². The zero-order valence-corrected chi connectivity index (χ0v) is 18.4. The number of nitrogen functional groups attached to an aromatic ring is 1. The quantitative estimate of drug-likeness (QED) is 0.549. The van der Waals surface area contributed by atoms with Crippen LogP contribution in [0.3, 0.4) is 0 Å². The van der Waals surface area contributed by atoms with Gasteiger partial charge in [-0.2, -0.15) is 0 Å². The zero-order valence-electron chi connectivity index (χ0n) is 17.6. The van der Waals surface area contributed by atoms with Gasteiger partial charge >= 0.3 is 0 Å². The number of nitrogens with zero attached hydrogens (tertiary/aromatic N) is 2. The topological polar surface area (TPSA) is 112 Å². The number of hydrogen-bond donors (Lipinski definition) is 1. The minimum absolute atomic E-state index is 0.0299. The fourth-order valence-corrected chi connectivity index (χ4v) is 4.88. The highest BCUT2D eigenvalue weighted by Crippen LogP contribution is 2.26. The van der Waals surface area contributed by atoms with E-state index < -0.39 is 9.84 Å². The van der Waals surface area contributed by atoms with Crippen LogP contribution in [0.4, 0.5) is 5.82 Å². The fraction of sp³-hybridized carbons (Fsp3) is 0.208. The van der Waals surface area contributed by atoms with E-state index in [9.17, 15) is 13.2 Å². The number of aryl methyl sites for hydroxylation is 1. The molecule has 4 rings (SSSR count). The predicted molar refractivity (Wildman–Crippen MR) is 122 cm³/mol. The summed E-state index contributed by atoms with van der Waals surface area (Å²) in [5.74, 6) is 0.281. The van der Waals surface area contributed by atoms with E-state index >= 15 is 0 Å². The van der Waals surface area contributed by atoms with Crippen LogP contribution in [-0.2, 0) is 21.0 Å². The highest BCUT2D eigenvalue weighted by Gasteiger charge is 2.30. The van der Waals surface area contributed by atoms with Gasteiger partial charge in [0.25, 0.3) is 0 Å². The molecular formula is C24H23N3O4S. The summed E-state index contributed by atoms with van der Waals surface area (Å²) in [6.07, 6.45) is 1.77. The van der Waals surface area contributed by atoms with Crippen LogP contribution in [0, 0.1) is 6.92 Å². The number of ether oxygens (including phenoxy) is 1. The molecule has 1 fully saturated rings. The van der Waals surface area contributed by atoms with Crippen molar-refractivity contribution in [3.05, 3.63) is 83.9 Å². The molecule has 0 amide bonds. The van der Waals surface area contributed by atoms with E-state index in [1.807, 2.05) is 31.2 Å². The van der Waals surface area contributed by atoms with Crippen molar-refractivity contribution >= 4 is 21.4 Å². The van der Waals surface area contributed by atoms with Crippen LogP contribution in [0.15, 0.2) is 72.0 Å². The zero-order chi connectivity index (χ0) is 22.9. The van der Waals surface area contributed by atoms with E-state index in [2.05, 4.69) is 16.5 Å². The molecule has 0 aliphatic carbocycles. The average molecular weight is 450 g/mol. The van der Waals surface area contributed by atoms with E-state index in [1.54, 1.807) is 12.1 Å². The molecule has 3 aromatic rings. The molecule has 1 aromatic heterocycles. The summed E-state index contributed by atoms with van der Waals surface area (Å²) in [4.78, 5) is 21.6. The molecular weight excluding hydrogens is 426 g/mol. The van der Waals surface area contributed by atoms with E-state index in [1.165, 1.54) is 18.3 Å². The molecule has 7 nitrogen and oxygen atoms in total. The van der Waals surface area contributed by atoms with Gasteiger partial charge in [0.2, 0.25) is 0 Å². The maximum Gasteiger partial charge on any atom is 0.189 e. The molecule has 164 valence electrons. The molecule has 2 aromatic carbocycles. The second-order valence-corrected chi connectivity index (χ2v) is 9.90. The number of sulfone groups is 1. The normalized spacial score (nSPS) is 15.7. The molecule has 1 saturated heterocycles. The van der Waals surface area contributed by atoms with Crippen molar-refractivity contribution in [3.63, 3.8) is 0 Å². The summed E-state index contributed by atoms with van der Waals surface area (Å²) >= 11 is 0. The summed E-state index contributed by atoms with van der Waals surface area (Å²) in [7, 11) is -3.48. The van der Waals surface area contributed by atoms with Gasteiger partial charge in [0.15, 0.2) is 21.4 Å². The van der Waals surface area contributed by atoms with Gasteiger partial charge < -0.3 is 10.5 Å². The summed E-state index contributed by atoms with van der Waals surface area (Å²) in [5, 5.41) is 0. The SMILES string of the molecule is C=C1CC(CS(=O)(=O)c2ccc(CC(=O)c3nc(-c4ccc(C)cc4)cnc3N)cc2)O1. The smallest absolute Gasteiger partial charge is 0.189 e. The number of hydrogen-bond acceptors (Lipinski definition) is 7. The first kappa shape index (κ1) is 21.7. The molecule has 1 unspecified atom stereocenters. The monoisotopic (exact) mass is 449 g/mol. The Kier molecular flexibility index (Phi) is 5.80. The molecule has 1 aliphatic heterocycles. The Labute approximate surface area is 186 Å². The first-order valence-corrected chi connectivity index (χ1v) is 11.8. The number of carbonyl (C=O) groups excluding carboxylic acids is 1. The number of carbonyl (C=O) groups is 1. The van der Waals surface area contributed by atoms with Gasteiger partial charge in [-0.1, -0.05) is 48.5 Å². The Bertz CT molecular complexity index is 1280. The third-order valence-corrected chi connectivity index (χ3v) is 7.05. The molecule has 1 aliphatic rings. The van der Waals surface area contributed by atoms with E-state index in [0.29, 0.717) is 23.4 Å². The van der Waals surface area contributed by atoms with Crippen molar-refractivity contribution in [3.8, 4) is 11.3 Å². The molecule has 8 heteroatoms. The first-order chi connectivity index (χ1) is 15.2. The van der Waals surface area contributed by atoms with Crippen LogP contribution < -0.4 is 5.73 Å². The molecule has 2 heterocycles. The van der Waals surface area contributed by atoms with Gasteiger partial charge in [0, 0.05) is 18.4 Å². The Balaban J connectivity index is 1.48. The predicted octanol–water partition coefficient (Wildman–Crippen LogP) is 3.54. The number of ketones is 1. The second kappa shape index (κ2) is 8.55. The van der Waals surface area contributed by atoms with Gasteiger partial charge in [0.05, 0.1) is 28.3 Å². The number of Topliss-reactive ketones (excluding diaryl/α,β-unsaturated/α-hetero) is 1. The average Bonchev–Trinajstić information content (AvgIpc) is 2.74. The summed E-state index contributed by atoms with van der Waals surface area (Å²) < 4.78 is 30.3. The van der Waals surface area contributed by atoms with E-state index in [-0.39, 0.29) is 40.5 Å². The fourth-order valence-electron chi connectivity index (χ4n) is 3.46. The van der Waals surface area contributed by atoms with Gasteiger partial charge in [-0.25, -0.2) is 18.4 Å². The number of anilines is 1. The minimum atomic E-state index is -3.48. The molecule has 0 saturated carbocycles. The number of aromatic nitrogens is 2. The molecule has 1 atom stereocenters. The van der Waals surface area contributed by atoms with Crippen LogP contribution in [0.25, 0.3) is 11.3 Å². The largest absolute Gasteiger partial charge is 0.494 e. The van der Waals surface area contributed by atoms with Gasteiger partial charge in [-0.3, -0.25) is 4.79 Å². The molecule has 0 radical (unpaired) electrons. The van der Waals surface area contributed by atoms with Crippen molar-refractivity contribution < 1.29 is 17.9 Å². The Morgan fingerprint density at radius 3 is 2.44 bits per heavy atom. The maximum absolute atomic E-state index is 12.9. The van der Waals surface area contributed by atoms with Crippen LogP contribution in [0.5, 0.6) is 0 Å². The van der Waals surface area contributed by atoms with Crippen molar-refractivity contribution in [2.24, 2.45) is 0 Å². The summed E-state index contributed by atoms with van der Waals surface area (Å²) in [5.41, 5.74) is 9.18. The lowest BCUT2D eigenvalue weighted by Gasteiger charge is -2.29. The van der Waals surface area contributed by atoms with Crippen LogP contribution >= 0.6 is 0 Å². The molecule has 0 spiro atoms. The maximum atomic E-state index is 12.9. The molecule has 0 bridgehead atoms. The Hall–Kier alpha value is -3.52. The lowest BCUT2D eigenvalue weighted by atomic mass is 10.1. The first-order valence-electron chi connectivity index (χ1n) is 10.1. The molecule has 32 heavy (non-hydrogen) atoms. The Morgan fingerprint density at radius 2 is 1.81 bits per heavy atom. The van der Waals surface area contributed by atoms with Gasteiger partial charge in [0.1, 0.15) is 11.8 Å². The third kappa shape index (κ3) is 4.70. The summed E-state index contributed by atoms with van der Waals surface area (Å²) in [6, 6.07) is 14.0. The standard InChI is InChI=1S/C24H23N3O4S/c1-15-3-7-18(8-4-15)21-13-26-24(25)23(27-21)22(28)12-17-5-9-20(10-6-17)32(29,30)14-19-11-16(2)31-19/h3-10,13,19H,2,11-12,14H2,1H3,(H2,25,26). The molecule has 2 N–H and O–H groups in total.